The highest BCUT2D eigenvalue weighted by atomic mass is 16.5. The number of anilines is 1. The van der Waals surface area contributed by atoms with Crippen molar-refractivity contribution in [3.8, 4) is 28.7 Å². The number of aromatic nitrogens is 2. The topological polar surface area (TPSA) is 79.5 Å². The minimum atomic E-state index is -0.725. The molecule has 29 heavy (non-hydrogen) atoms. The van der Waals surface area contributed by atoms with Crippen LogP contribution in [0, 0.1) is 11.8 Å². The van der Waals surface area contributed by atoms with Crippen molar-refractivity contribution in [2.45, 2.75) is 19.1 Å². The van der Waals surface area contributed by atoms with Crippen LogP contribution < -0.4 is 10.1 Å². The van der Waals surface area contributed by atoms with Crippen LogP contribution >= 0.6 is 0 Å². The van der Waals surface area contributed by atoms with Crippen LogP contribution in [-0.2, 0) is 0 Å². The predicted octanol–water partition coefficient (Wildman–Crippen LogP) is 2.99. The zero-order valence-electron chi connectivity index (χ0n) is 16.2. The van der Waals surface area contributed by atoms with Crippen LogP contribution in [0.15, 0.2) is 54.9 Å². The molecule has 0 aliphatic carbocycles. The van der Waals surface area contributed by atoms with E-state index in [1.54, 1.807) is 23.9 Å². The van der Waals surface area contributed by atoms with Crippen molar-refractivity contribution in [3.05, 3.63) is 66.2 Å². The highest BCUT2D eigenvalue weighted by Crippen LogP contribution is 2.32. The summed E-state index contributed by atoms with van der Waals surface area (Å²) < 4.78 is 7.33. The first-order valence-electron chi connectivity index (χ1n) is 9.60. The predicted molar refractivity (Wildman–Crippen MR) is 112 cm³/mol. The summed E-state index contributed by atoms with van der Waals surface area (Å²) in [7, 11) is 0. The van der Waals surface area contributed by atoms with Crippen molar-refractivity contribution < 1.29 is 14.9 Å². The fourth-order valence-electron chi connectivity index (χ4n) is 3.35. The summed E-state index contributed by atoms with van der Waals surface area (Å²) in [6.45, 7) is 2.98. The number of benzene rings is 2. The summed E-state index contributed by atoms with van der Waals surface area (Å²) in [5.74, 6) is 7.54. The Balaban J connectivity index is 1.54. The lowest BCUT2D eigenvalue weighted by molar-refractivity contribution is 0.176. The lowest BCUT2D eigenvalue weighted by atomic mass is 10.0. The molecule has 3 aromatic rings. The van der Waals surface area contributed by atoms with Crippen molar-refractivity contribution in [1.29, 1.82) is 0 Å². The van der Waals surface area contributed by atoms with Crippen molar-refractivity contribution in [2.75, 3.05) is 25.1 Å². The summed E-state index contributed by atoms with van der Waals surface area (Å²) in [6, 6.07) is 13.6. The minimum Gasteiger partial charge on any atom is -0.490 e. The fraction of sp³-hybridized carbons (Fsp3) is 0.261. The number of imidazole rings is 1. The van der Waals surface area contributed by atoms with E-state index in [0.29, 0.717) is 12.4 Å². The summed E-state index contributed by atoms with van der Waals surface area (Å²) in [6.07, 6.45) is 2.59. The fourth-order valence-corrected chi connectivity index (χ4v) is 3.35. The van der Waals surface area contributed by atoms with Gasteiger partial charge in [0.15, 0.2) is 0 Å². The highest BCUT2D eigenvalue weighted by molar-refractivity contribution is 5.72. The third-order valence-corrected chi connectivity index (χ3v) is 4.84. The van der Waals surface area contributed by atoms with Crippen LogP contribution in [0.5, 0.6) is 5.75 Å². The highest BCUT2D eigenvalue weighted by Gasteiger charge is 2.15. The molecule has 4 rings (SSSR count). The average Bonchev–Trinajstić information content (AvgIpc) is 3.24. The van der Waals surface area contributed by atoms with E-state index in [1.165, 1.54) is 0 Å². The summed E-state index contributed by atoms with van der Waals surface area (Å²) >= 11 is 0. The molecule has 0 spiro atoms. The van der Waals surface area contributed by atoms with Crippen LogP contribution in [-0.4, -0.2) is 39.5 Å². The molecule has 0 unspecified atom stereocenters. The monoisotopic (exact) mass is 389 g/mol. The molecule has 2 heterocycles. The smallest absolute Gasteiger partial charge is 0.142 e. The number of aliphatic hydroxyl groups excluding tert-OH is 2. The van der Waals surface area contributed by atoms with Gasteiger partial charge in [0.1, 0.15) is 30.3 Å². The molecule has 0 saturated heterocycles. The minimum absolute atomic E-state index is 0.161. The third kappa shape index (κ3) is 4.11. The van der Waals surface area contributed by atoms with Gasteiger partial charge in [0.2, 0.25) is 0 Å². The second kappa shape index (κ2) is 8.39. The first-order valence-corrected chi connectivity index (χ1v) is 9.60. The lowest BCUT2D eigenvalue weighted by Gasteiger charge is -2.19. The molecule has 1 aliphatic heterocycles. The Hall–Kier alpha value is -3.27. The van der Waals surface area contributed by atoms with Gasteiger partial charge in [-0.25, -0.2) is 4.98 Å². The SMILES string of the molecule is C[C@H](O)c1nccn1[C@@H](C#Cc1ccc(-c2ccc3c(c2)NCCO3)cc1)CO. The van der Waals surface area contributed by atoms with Crippen molar-refractivity contribution in [3.63, 3.8) is 0 Å². The molecule has 3 N–H and O–H groups in total. The largest absolute Gasteiger partial charge is 0.490 e. The molecule has 0 bridgehead atoms. The molecule has 2 atom stereocenters. The van der Waals surface area contributed by atoms with E-state index >= 15 is 0 Å². The van der Waals surface area contributed by atoms with E-state index in [9.17, 15) is 10.2 Å². The zero-order valence-corrected chi connectivity index (χ0v) is 16.2. The van der Waals surface area contributed by atoms with Crippen LogP contribution in [0.2, 0.25) is 0 Å². The molecule has 2 aromatic carbocycles. The maximum atomic E-state index is 9.81. The van der Waals surface area contributed by atoms with Gasteiger partial charge in [-0.2, -0.15) is 0 Å². The maximum absolute atomic E-state index is 9.81. The lowest BCUT2D eigenvalue weighted by Crippen LogP contribution is -2.17. The molecule has 1 aliphatic rings. The number of fused-ring (bicyclic) bond motifs is 1. The standard InChI is InChI=1S/C23H23N3O3/c1-16(28)23-25-10-12-26(23)20(15-27)8-4-17-2-5-18(6-3-17)19-7-9-22-21(14-19)24-11-13-29-22/h2-3,5-7,9-10,12,14,16,20,24,27-28H,11,13,15H2,1H3/t16-,20-/m0/s1. The number of nitrogens with one attached hydrogen (secondary N) is 1. The zero-order chi connectivity index (χ0) is 20.2. The summed E-state index contributed by atoms with van der Waals surface area (Å²) in [4.78, 5) is 4.14. The molecule has 0 saturated carbocycles. The molecule has 0 radical (unpaired) electrons. The molecule has 0 fully saturated rings. The van der Waals surface area contributed by atoms with Crippen LogP contribution in [0.25, 0.3) is 11.1 Å². The van der Waals surface area contributed by atoms with Gasteiger partial charge in [-0.05, 0) is 42.3 Å². The second-order valence-corrected chi connectivity index (χ2v) is 6.90. The first-order chi connectivity index (χ1) is 14.2. The van der Waals surface area contributed by atoms with E-state index in [1.807, 2.05) is 36.4 Å². The van der Waals surface area contributed by atoms with Crippen molar-refractivity contribution in [2.24, 2.45) is 0 Å². The quantitative estimate of drug-likeness (QED) is 0.598. The maximum Gasteiger partial charge on any atom is 0.142 e. The van der Waals surface area contributed by atoms with E-state index in [0.717, 1.165) is 34.7 Å². The van der Waals surface area contributed by atoms with E-state index < -0.39 is 12.1 Å². The summed E-state index contributed by atoms with van der Waals surface area (Å²) in [5, 5.41) is 22.9. The molecular weight excluding hydrogens is 366 g/mol. The Bertz CT molecular complexity index is 1050. The van der Waals surface area contributed by atoms with Gasteiger partial charge in [0.05, 0.1) is 12.3 Å². The van der Waals surface area contributed by atoms with Crippen LogP contribution in [0.3, 0.4) is 0 Å². The van der Waals surface area contributed by atoms with Gasteiger partial charge in [0.25, 0.3) is 0 Å². The Morgan fingerprint density at radius 3 is 2.76 bits per heavy atom. The number of hydrogen-bond donors (Lipinski definition) is 3. The van der Waals surface area contributed by atoms with Crippen LogP contribution in [0.4, 0.5) is 5.69 Å². The van der Waals surface area contributed by atoms with Crippen molar-refractivity contribution >= 4 is 5.69 Å². The first kappa shape index (κ1) is 19.1. The van der Waals surface area contributed by atoms with E-state index in [4.69, 9.17) is 4.74 Å². The molecule has 148 valence electrons. The molecule has 6 nitrogen and oxygen atoms in total. The number of hydrogen-bond acceptors (Lipinski definition) is 5. The average molecular weight is 389 g/mol. The van der Waals surface area contributed by atoms with Gasteiger partial charge in [-0.1, -0.05) is 30.0 Å². The molecule has 6 heteroatoms. The second-order valence-electron chi connectivity index (χ2n) is 6.90. The summed E-state index contributed by atoms with van der Waals surface area (Å²) in [5.41, 5.74) is 4.06. The van der Waals surface area contributed by atoms with Gasteiger partial charge in [-0.15, -0.1) is 0 Å². The van der Waals surface area contributed by atoms with Gasteiger partial charge < -0.3 is 24.8 Å². The third-order valence-electron chi connectivity index (χ3n) is 4.84. The molecular formula is C23H23N3O3. The van der Waals surface area contributed by atoms with Gasteiger partial charge in [0, 0.05) is 24.5 Å². The van der Waals surface area contributed by atoms with Gasteiger partial charge in [-0.3, -0.25) is 0 Å². The normalized spacial score (nSPS) is 14.6. The number of ether oxygens (including phenoxy) is 1. The Morgan fingerprint density at radius 2 is 2.00 bits per heavy atom. The van der Waals surface area contributed by atoms with E-state index in [2.05, 4.69) is 28.2 Å². The number of nitrogens with zero attached hydrogens (tertiary/aromatic N) is 2. The van der Waals surface area contributed by atoms with Crippen LogP contribution in [0.1, 0.15) is 30.5 Å². The number of aliphatic hydroxyl groups is 2. The molecule has 1 aromatic heterocycles. The Kier molecular flexibility index (Phi) is 5.52. The van der Waals surface area contributed by atoms with Gasteiger partial charge >= 0.3 is 0 Å². The molecule has 0 amide bonds. The Morgan fingerprint density at radius 1 is 1.21 bits per heavy atom. The Labute approximate surface area is 169 Å². The van der Waals surface area contributed by atoms with Crippen molar-refractivity contribution in [1.82, 2.24) is 9.55 Å². The number of rotatable bonds is 4. The van der Waals surface area contributed by atoms with E-state index in [-0.39, 0.29) is 6.61 Å².